The summed E-state index contributed by atoms with van der Waals surface area (Å²) < 4.78 is 0. The Morgan fingerprint density at radius 3 is 2.29 bits per heavy atom. The maximum absolute atomic E-state index is 10.7. The van der Waals surface area contributed by atoms with E-state index in [1.807, 2.05) is 24.0 Å². The number of aliphatic hydroxyl groups is 1. The first-order chi connectivity index (χ1) is 14.9. The highest BCUT2D eigenvalue weighted by molar-refractivity contribution is 7.13. The molecule has 0 spiro atoms. The lowest BCUT2D eigenvalue weighted by atomic mass is 10.1. The molecule has 0 saturated heterocycles. The highest BCUT2D eigenvalue weighted by Gasteiger charge is 2.32. The van der Waals surface area contributed by atoms with Crippen LogP contribution >= 0.6 is 11.3 Å². The smallest absolute Gasteiger partial charge is 0.139 e. The molecule has 2 N–H and O–H groups in total. The van der Waals surface area contributed by atoms with E-state index >= 15 is 0 Å². The third-order valence-corrected chi connectivity index (χ3v) is 6.72. The van der Waals surface area contributed by atoms with Gasteiger partial charge in [0.2, 0.25) is 0 Å². The van der Waals surface area contributed by atoms with Crippen LogP contribution in [0.15, 0.2) is 54.3 Å². The minimum Gasteiger partial charge on any atom is -0.510 e. The Kier molecular flexibility index (Phi) is 5.83. The van der Waals surface area contributed by atoms with Crippen LogP contribution in [0.5, 0.6) is 0 Å². The lowest BCUT2D eigenvalue weighted by Crippen LogP contribution is -2.26. The van der Waals surface area contributed by atoms with Gasteiger partial charge in [0.15, 0.2) is 0 Å². The van der Waals surface area contributed by atoms with E-state index in [9.17, 15) is 5.11 Å². The van der Waals surface area contributed by atoms with Crippen molar-refractivity contribution in [3.63, 3.8) is 0 Å². The van der Waals surface area contributed by atoms with E-state index in [4.69, 9.17) is 10.4 Å². The van der Waals surface area contributed by atoms with Gasteiger partial charge < -0.3 is 14.9 Å². The van der Waals surface area contributed by atoms with Crippen molar-refractivity contribution in [3.8, 4) is 11.3 Å². The quantitative estimate of drug-likeness (QED) is 0.498. The summed E-state index contributed by atoms with van der Waals surface area (Å²) in [7, 11) is 0. The summed E-state index contributed by atoms with van der Waals surface area (Å²) in [6, 6.07) is 16.5. The van der Waals surface area contributed by atoms with Crippen LogP contribution in [0.25, 0.3) is 16.8 Å². The zero-order chi connectivity index (χ0) is 22.1. The summed E-state index contributed by atoms with van der Waals surface area (Å²) in [5, 5.41) is 20.2. The second-order valence-corrected chi connectivity index (χ2v) is 8.94. The van der Waals surface area contributed by atoms with Crippen LogP contribution in [0.4, 0.5) is 11.4 Å². The number of hydrogen-bond acceptors (Lipinski definition) is 5. The van der Waals surface area contributed by atoms with Crippen LogP contribution in [-0.4, -0.2) is 35.6 Å². The van der Waals surface area contributed by atoms with Crippen LogP contribution in [0, 0.1) is 19.3 Å². The van der Waals surface area contributed by atoms with Gasteiger partial charge in [-0.2, -0.15) is 0 Å². The molecule has 0 bridgehead atoms. The molecule has 3 aromatic rings. The first-order valence-electron chi connectivity index (χ1n) is 10.6. The van der Waals surface area contributed by atoms with Crippen LogP contribution in [-0.2, 0) is 0 Å². The van der Waals surface area contributed by atoms with E-state index < -0.39 is 0 Å². The number of anilines is 2. The molecule has 0 saturated carbocycles. The van der Waals surface area contributed by atoms with Crippen molar-refractivity contribution < 1.29 is 5.11 Å². The Morgan fingerprint density at radius 2 is 1.68 bits per heavy atom. The molecule has 1 aliphatic heterocycles. The second-order valence-electron chi connectivity index (χ2n) is 7.73. The molecule has 2 aromatic carbocycles. The van der Waals surface area contributed by atoms with Crippen LogP contribution in [0.2, 0.25) is 0 Å². The average molecular weight is 433 g/mol. The van der Waals surface area contributed by atoms with E-state index in [0.717, 1.165) is 40.6 Å². The van der Waals surface area contributed by atoms with Gasteiger partial charge in [0.05, 0.1) is 17.8 Å². The SMILES string of the molecule is CCN(CC)c1ccc(N2CC(O)=C(c3nc(-c4ccc(C)cc4)c(C)s3)C2=N)cc1. The zero-order valence-electron chi connectivity index (χ0n) is 18.4. The standard InChI is InChI=1S/C25H28N4OS/c1-5-28(6-2)19-11-13-20(14-12-19)29-15-21(30)22(24(29)26)25-27-23(17(4)31-25)18-9-7-16(3)8-10-18/h7-14,26,30H,5-6,15H2,1-4H3. The Bertz CT molecular complexity index is 1130. The number of benzene rings is 2. The fourth-order valence-corrected chi connectivity index (χ4v) is 4.94. The van der Waals surface area contributed by atoms with Crippen LogP contribution < -0.4 is 9.80 Å². The molecule has 1 aliphatic rings. The third-order valence-electron chi connectivity index (χ3n) is 5.73. The fourth-order valence-electron chi connectivity index (χ4n) is 3.94. The van der Waals surface area contributed by atoms with E-state index in [0.29, 0.717) is 10.6 Å². The number of thiazole rings is 1. The third kappa shape index (κ3) is 3.95. The van der Waals surface area contributed by atoms with Crippen molar-refractivity contribution >= 4 is 34.1 Å². The first kappa shape index (κ1) is 21.1. The lowest BCUT2D eigenvalue weighted by Gasteiger charge is -2.23. The molecule has 0 unspecified atom stereocenters. The Hall–Kier alpha value is -3.12. The van der Waals surface area contributed by atoms with Gasteiger partial charge in [-0.25, -0.2) is 4.98 Å². The van der Waals surface area contributed by atoms with Gasteiger partial charge in [-0.3, -0.25) is 5.41 Å². The molecule has 0 aliphatic carbocycles. The van der Waals surface area contributed by atoms with Gasteiger partial charge in [-0.15, -0.1) is 11.3 Å². The molecule has 2 heterocycles. The number of aryl methyl sites for hydroxylation is 2. The number of nitrogens with one attached hydrogen (secondary N) is 1. The maximum Gasteiger partial charge on any atom is 0.139 e. The van der Waals surface area contributed by atoms with Crippen molar-refractivity contribution in [3.05, 3.63) is 69.7 Å². The summed E-state index contributed by atoms with van der Waals surface area (Å²) in [6.07, 6.45) is 0. The highest BCUT2D eigenvalue weighted by atomic mass is 32.1. The number of aromatic nitrogens is 1. The van der Waals surface area contributed by atoms with Crippen molar-refractivity contribution in [1.29, 1.82) is 5.41 Å². The summed E-state index contributed by atoms with van der Waals surface area (Å²) in [6.45, 7) is 10.6. The topological polar surface area (TPSA) is 63.5 Å². The van der Waals surface area contributed by atoms with Gasteiger partial charge >= 0.3 is 0 Å². The number of aliphatic hydroxyl groups excluding tert-OH is 1. The molecule has 6 heteroatoms. The van der Waals surface area contributed by atoms with Crippen LogP contribution in [0.1, 0.15) is 29.3 Å². The van der Waals surface area contributed by atoms with Gasteiger partial charge in [-0.05, 0) is 52.0 Å². The average Bonchev–Trinajstić information content (AvgIpc) is 3.28. The predicted molar refractivity (Wildman–Crippen MR) is 132 cm³/mol. The summed E-state index contributed by atoms with van der Waals surface area (Å²) in [5.41, 5.74) is 5.76. The normalized spacial score (nSPS) is 13.9. The van der Waals surface area contributed by atoms with E-state index in [1.54, 1.807) is 0 Å². The van der Waals surface area contributed by atoms with Gasteiger partial charge in [-0.1, -0.05) is 29.8 Å². The van der Waals surface area contributed by atoms with Crippen molar-refractivity contribution in [2.45, 2.75) is 27.7 Å². The molecule has 0 fully saturated rings. The predicted octanol–water partition coefficient (Wildman–Crippen LogP) is 6.04. The molecule has 5 nitrogen and oxygen atoms in total. The summed E-state index contributed by atoms with van der Waals surface area (Å²) in [4.78, 5) is 10.00. The second kappa shape index (κ2) is 8.55. The number of nitrogens with zero attached hydrogens (tertiary/aromatic N) is 3. The molecule has 0 atom stereocenters. The molecule has 160 valence electrons. The largest absolute Gasteiger partial charge is 0.510 e. The fraction of sp³-hybridized carbons (Fsp3) is 0.280. The van der Waals surface area contributed by atoms with E-state index in [-0.39, 0.29) is 18.1 Å². The minimum absolute atomic E-state index is 0.196. The van der Waals surface area contributed by atoms with Gasteiger partial charge in [0.25, 0.3) is 0 Å². The van der Waals surface area contributed by atoms with Gasteiger partial charge in [0, 0.05) is 34.9 Å². The molecule has 0 amide bonds. The van der Waals surface area contributed by atoms with E-state index in [1.165, 1.54) is 16.9 Å². The molecule has 1 aromatic heterocycles. The molecule has 31 heavy (non-hydrogen) atoms. The van der Waals surface area contributed by atoms with Crippen LogP contribution in [0.3, 0.4) is 0 Å². The minimum atomic E-state index is 0.196. The summed E-state index contributed by atoms with van der Waals surface area (Å²) >= 11 is 1.52. The molecule has 4 rings (SSSR count). The lowest BCUT2D eigenvalue weighted by molar-refractivity contribution is 0.411. The molecular weight excluding hydrogens is 404 g/mol. The maximum atomic E-state index is 10.7. The van der Waals surface area contributed by atoms with Crippen molar-refractivity contribution in [2.24, 2.45) is 0 Å². The zero-order valence-corrected chi connectivity index (χ0v) is 19.3. The molecular formula is C25H28N4OS. The van der Waals surface area contributed by atoms with Gasteiger partial charge in [0.1, 0.15) is 16.6 Å². The first-order valence-corrected chi connectivity index (χ1v) is 11.4. The van der Waals surface area contributed by atoms with Crippen molar-refractivity contribution in [2.75, 3.05) is 29.4 Å². The highest BCUT2D eigenvalue weighted by Crippen LogP contribution is 2.37. The molecule has 0 radical (unpaired) electrons. The number of hydrogen-bond donors (Lipinski definition) is 2. The summed E-state index contributed by atoms with van der Waals surface area (Å²) in [5.74, 6) is 0.485. The van der Waals surface area contributed by atoms with Crippen molar-refractivity contribution in [1.82, 2.24) is 4.98 Å². The number of rotatable bonds is 6. The Morgan fingerprint density at radius 1 is 1.03 bits per heavy atom. The monoisotopic (exact) mass is 432 g/mol. The Labute approximate surface area is 187 Å². The number of amidine groups is 1. The Balaban J connectivity index is 1.60. The van der Waals surface area contributed by atoms with E-state index in [2.05, 4.69) is 62.1 Å².